The van der Waals surface area contributed by atoms with Gasteiger partial charge >= 0.3 is 0 Å². The third-order valence-electron chi connectivity index (χ3n) is 0.960. The normalized spacial score (nSPS) is 19.8. The van der Waals surface area contributed by atoms with Gasteiger partial charge < -0.3 is 5.32 Å². The Morgan fingerprint density at radius 1 is 1.75 bits per heavy atom. The molecule has 8 heavy (non-hydrogen) atoms. The molecule has 0 saturated carbocycles. The molecule has 2 nitrogen and oxygen atoms in total. The van der Waals surface area contributed by atoms with Gasteiger partial charge in [0, 0.05) is 12.8 Å². The Labute approximate surface area is 54.0 Å². The fraction of sp³-hybridized carbons (Fsp3) is 0.600. The fourth-order valence-corrected chi connectivity index (χ4v) is 0.747. The number of hydrogen-bond donors (Lipinski definition) is 1. The summed E-state index contributed by atoms with van der Waals surface area (Å²) in [5.74, 6) is 0. The minimum absolute atomic E-state index is 0.676. The molecule has 0 aliphatic carbocycles. The van der Waals surface area contributed by atoms with Crippen molar-refractivity contribution < 1.29 is 0 Å². The van der Waals surface area contributed by atoms with Crippen molar-refractivity contribution in [2.45, 2.75) is 6.42 Å². The first kappa shape index (κ1) is 5.69. The van der Waals surface area contributed by atoms with Gasteiger partial charge in [-0.3, -0.25) is 4.99 Å². The largest absolute Gasteiger partial charge is 0.378 e. The number of nitrogens with one attached hydrogen (secondary N) is 1. The maximum Gasteiger partial charge on any atom is 0.0971 e. The first-order chi connectivity index (χ1) is 3.89. The molecule has 0 spiro atoms. The first-order valence-electron chi connectivity index (χ1n) is 2.64. The van der Waals surface area contributed by atoms with E-state index in [1.165, 1.54) is 0 Å². The molecule has 1 rings (SSSR count). The van der Waals surface area contributed by atoms with Crippen molar-refractivity contribution in [3.05, 3.63) is 0 Å². The molecule has 0 radical (unpaired) electrons. The van der Waals surface area contributed by atoms with Gasteiger partial charge in [-0.2, -0.15) is 0 Å². The number of nitrogens with zero attached hydrogens (tertiary/aromatic N) is 1. The average Bonchev–Trinajstić information content (AvgIpc) is 1.94. The van der Waals surface area contributed by atoms with Gasteiger partial charge in [-0.25, -0.2) is 0 Å². The molecule has 1 N–H and O–H groups in total. The maximum atomic E-state index is 4.87. The summed E-state index contributed by atoms with van der Waals surface area (Å²) in [5, 5.41) is 3.05. The van der Waals surface area contributed by atoms with E-state index < -0.39 is 0 Å². The molecule has 0 atom stereocenters. The zero-order chi connectivity index (χ0) is 5.82. The Balaban J connectivity index is 2.41. The zero-order valence-electron chi connectivity index (χ0n) is 4.55. The van der Waals surface area contributed by atoms with E-state index in [-0.39, 0.29) is 0 Å². The Morgan fingerprint density at radius 3 is 3.50 bits per heavy atom. The van der Waals surface area contributed by atoms with E-state index in [4.69, 9.17) is 12.2 Å². The predicted molar refractivity (Wildman–Crippen MR) is 38.6 cm³/mol. The van der Waals surface area contributed by atoms with Gasteiger partial charge in [-0.15, -0.1) is 0 Å². The van der Waals surface area contributed by atoms with Crippen molar-refractivity contribution >= 4 is 23.4 Å². The highest BCUT2D eigenvalue weighted by atomic mass is 32.1. The SMILES string of the molecule is S=C1CN=CCCN1. The van der Waals surface area contributed by atoms with Gasteiger partial charge in [0.1, 0.15) is 0 Å². The molecule has 0 aromatic rings. The first-order valence-corrected chi connectivity index (χ1v) is 3.05. The molecule has 1 aliphatic heterocycles. The Kier molecular flexibility index (Phi) is 1.97. The summed E-state index contributed by atoms with van der Waals surface area (Å²) in [6, 6.07) is 0. The summed E-state index contributed by atoms with van der Waals surface area (Å²) in [7, 11) is 0. The number of aliphatic imine (C=N–C) groups is 1. The van der Waals surface area contributed by atoms with E-state index in [1.54, 1.807) is 0 Å². The van der Waals surface area contributed by atoms with Crippen molar-refractivity contribution in [1.82, 2.24) is 5.32 Å². The van der Waals surface area contributed by atoms with Crippen LogP contribution in [0.4, 0.5) is 0 Å². The van der Waals surface area contributed by atoms with Crippen LogP contribution >= 0.6 is 12.2 Å². The monoisotopic (exact) mass is 128 g/mol. The van der Waals surface area contributed by atoms with Crippen molar-refractivity contribution in [3.63, 3.8) is 0 Å². The van der Waals surface area contributed by atoms with Crippen LogP contribution in [0, 0.1) is 0 Å². The molecule has 0 aromatic carbocycles. The highest BCUT2D eigenvalue weighted by Crippen LogP contribution is 1.82. The molecule has 0 fully saturated rings. The third kappa shape index (κ3) is 1.58. The Morgan fingerprint density at radius 2 is 2.62 bits per heavy atom. The molecule has 0 amide bonds. The zero-order valence-corrected chi connectivity index (χ0v) is 5.37. The second-order valence-corrected chi connectivity index (χ2v) is 2.15. The van der Waals surface area contributed by atoms with E-state index in [1.807, 2.05) is 6.21 Å². The lowest BCUT2D eigenvalue weighted by Gasteiger charge is -1.96. The Hall–Kier alpha value is -0.440. The van der Waals surface area contributed by atoms with Crippen LogP contribution in [-0.2, 0) is 0 Å². The molecule has 1 heterocycles. The number of thiocarbonyl (C=S) groups is 1. The second kappa shape index (κ2) is 2.77. The lowest BCUT2D eigenvalue weighted by atomic mass is 10.5. The van der Waals surface area contributed by atoms with Gasteiger partial charge in [0.15, 0.2) is 0 Å². The highest BCUT2D eigenvalue weighted by Gasteiger charge is 1.94. The fourth-order valence-electron chi connectivity index (χ4n) is 0.571. The average molecular weight is 128 g/mol. The molecular formula is C5H8N2S. The summed E-state index contributed by atoms with van der Waals surface area (Å²) in [6.45, 7) is 1.62. The summed E-state index contributed by atoms with van der Waals surface area (Å²) in [4.78, 5) is 4.88. The topological polar surface area (TPSA) is 24.4 Å². The minimum Gasteiger partial charge on any atom is -0.378 e. The number of hydrogen-bond acceptors (Lipinski definition) is 2. The van der Waals surface area contributed by atoms with Crippen LogP contribution in [0.15, 0.2) is 4.99 Å². The summed E-state index contributed by atoms with van der Waals surface area (Å²) in [6.07, 6.45) is 2.91. The van der Waals surface area contributed by atoms with E-state index in [0.29, 0.717) is 6.54 Å². The van der Waals surface area contributed by atoms with Crippen LogP contribution in [0.5, 0.6) is 0 Å². The smallest absolute Gasteiger partial charge is 0.0971 e. The molecular weight excluding hydrogens is 120 g/mol. The minimum atomic E-state index is 0.676. The van der Waals surface area contributed by atoms with Crippen molar-refractivity contribution in [1.29, 1.82) is 0 Å². The molecule has 0 unspecified atom stereocenters. The highest BCUT2D eigenvalue weighted by molar-refractivity contribution is 7.80. The van der Waals surface area contributed by atoms with Gasteiger partial charge in [0.05, 0.1) is 11.5 Å². The van der Waals surface area contributed by atoms with Crippen LogP contribution in [-0.4, -0.2) is 24.3 Å². The van der Waals surface area contributed by atoms with Crippen LogP contribution in [0.1, 0.15) is 6.42 Å². The molecule has 0 saturated heterocycles. The summed E-state index contributed by atoms with van der Waals surface area (Å²) >= 11 is 4.87. The van der Waals surface area contributed by atoms with E-state index in [9.17, 15) is 0 Å². The van der Waals surface area contributed by atoms with Gasteiger partial charge in [0.25, 0.3) is 0 Å². The third-order valence-corrected chi connectivity index (χ3v) is 1.23. The molecule has 0 bridgehead atoms. The van der Waals surface area contributed by atoms with Crippen LogP contribution < -0.4 is 5.32 Å². The van der Waals surface area contributed by atoms with E-state index >= 15 is 0 Å². The summed E-state index contributed by atoms with van der Waals surface area (Å²) < 4.78 is 0. The van der Waals surface area contributed by atoms with Crippen molar-refractivity contribution in [2.75, 3.05) is 13.1 Å². The quantitative estimate of drug-likeness (QED) is 0.477. The molecule has 1 aliphatic rings. The van der Waals surface area contributed by atoms with Gasteiger partial charge in [0.2, 0.25) is 0 Å². The van der Waals surface area contributed by atoms with Crippen LogP contribution in [0.3, 0.4) is 0 Å². The maximum absolute atomic E-state index is 4.87. The standard InChI is InChI=1S/C5H8N2S/c8-5-4-6-2-1-3-7-5/h2H,1,3-4H2,(H,7,8). The molecule has 44 valence electrons. The van der Waals surface area contributed by atoms with Crippen molar-refractivity contribution in [3.8, 4) is 0 Å². The lowest BCUT2D eigenvalue weighted by molar-refractivity contribution is 0.937. The van der Waals surface area contributed by atoms with Crippen LogP contribution in [0.2, 0.25) is 0 Å². The summed E-state index contributed by atoms with van der Waals surface area (Å²) in [5.41, 5.74) is 0. The van der Waals surface area contributed by atoms with Gasteiger partial charge in [-0.1, -0.05) is 12.2 Å². The van der Waals surface area contributed by atoms with E-state index in [0.717, 1.165) is 18.0 Å². The predicted octanol–water partition coefficient (Wildman–Crippen LogP) is 0.378. The molecule has 0 aromatic heterocycles. The second-order valence-electron chi connectivity index (χ2n) is 1.66. The van der Waals surface area contributed by atoms with Gasteiger partial charge in [-0.05, 0) is 6.42 Å². The lowest BCUT2D eigenvalue weighted by Crippen LogP contribution is -2.22. The van der Waals surface area contributed by atoms with E-state index in [2.05, 4.69) is 10.3 Å². The Bertz CT molecular complexity index is 120. The number of rotatable bonds is 0. The van der Waals surface area contributed by atoms with Crippen LogP contribution in [0.25, 0.3) is 0 Å². The van der Waals surface area contributed by atoms with Crippen molar-refractivity contribution in [2.24, 2.45) is 4.99 Å². The molecule has 3 heteroatoms.